The lowest BCUT2D eigenvalue weighted by Crippen LogP contribution is -2.22. The van der Waals surface area contributed by atoms with Crippen molar-refractivity contribution in [2.75, 3.05) is 5.73 Å². The number of rotatable bonds is 3. The topological polar surface area (TPSA) is 53.1 Å². The third kappa shape index (κ3) is 2.77. The number of fused-ring (bicyclic) bond motifs is 1. The van der Waals surface area contributed by atoms with Gasteiger partial charge in [0.15, 0.2) is 0 Å². The van der Waals surface area contributed by atoms with Gasteiger partial charge in [-0.05, 0) is 32.2 Å². The SMILES string of the molecule is CC(C)(C)n1cc(N)c(COc2cccc3ccccc23)n1. The smallest absolute Gasteiger partial charge is 0.134 e. The van der Waals surface area contributed by atoms with Gasteiger partial charge < -0.3 is 10.5 Å². The summed E-state index contributed by atoms with van der Waals surface area (Å²) in [7, 11) is 0. The summed E-state index contributed by atoms with van der Waals surface area (Å²) >= 11 is 0. The zero-order valence-corrected chi connectivity index (χ0v) is 13.2. The summed E-state index contributed by atoms with van der Waals surface area (Å²) in [5.74, 6) is 0.850. The number of hydrogen-bond donors (Lipinski definition) is 1. The van der Waals surface area contributed by atoms with Crippen LogP contribution in [-0.4, -0.2) is 9.78 Å². The minimum atomic E-state index is -0.0915. The summed E-state index contributed by atoms with van der Waals surface area (Å²) in [5, 5.41) is 6.80. The van der Waals surface area contributed by atoms with E-state index in [2.05, 4.69) is 44.1 Å². The van der Waals surface area contributed by atoms with E-state index in [0.29, 0.717) is 12.3 Å². The normalized spacial score (nSPS) is 11.8. The molecule has 22 heavy (non-hydrogen) atoms. The molecule has 4 nitrogen and oxygen atoms in total. The first kappa shape index (κ1) is 14.4. The molecule has 0 bridgehead atoms. The molecular weight excluding hydrogens is 274 g/mol. The van der Waals surface area contributed by atoms with Gasteiger partial charge in [-0.15, -0.1) is 0 Å². The number of anilines is 1. The standard InChI is InChI=1S/C18H21N3O/c1-18(2,3)21-11-15(19)16(20-21)12-22-17-10-6-8-13-7-4-5-9-14(13)17/h4-11H,12,19H2,1-3H3. The van der Waals surface area contributed by atoms with E-state index in [4.69, 9.17) is 10.5 Å². The molecule has 0 aliphatic rings. The van der Waals surface area contributed by atoms with Crippen molar-refractivity contribution in [3.05, 3.63) is 54.4 Å². The van der Waals surface area contributed by atoms with Crippen molar-refractivity contribution in [2.24, 2.45) is 0 Å². The van der Waals surface area contributed by atoms with Crippen LogP contribution in [0.2, 0.25) is 0 Å². The average molecular weight is 295 g/mol. The van der Waals surface area contributed by atoms with Crippen molar-refractivity contribution >= 4 is 16.5 Å². The summed E-state index contributed by atoms with van der Waals surface area (Å²) < 4.78 is 7.84. The largest absolute Gasteiger partial charge is 0.486 e. The summed E-state index contributed by atoms with van der Waals surface area (Å²) in [6, 6.07) is 14.2. The Balaban J connectivity index is 1.84. The van der Waals surface area contributed by atoms with Crippen LogP contribution in [0.15, 0.2) is 48.7 Å². The molecule has 0 radical (unpaired) electrons. The molecule has 2 N–H and O–H groups in total. The lowest BCUT2D eigenvalue weighted by Gasteiger charge is -2.18. The second-order valence-electron chi connectivity index (χ2n) is 6.41. The van der Waals surface area contributed by atoms with E-state index in [-0.39, 0.29) is 5.54 Å². The Kier molecular flexibility index (Phi) is 3.53. The summed E-state index contributed by atoms with van der Waals surface area (Å²) in [5.41, 5.74) is 7.39. The van der Waals surface area contributed by atoms with E-state index in [0.717, 1.165) is 22.2 Å². The van der Waals surface area contributed by atoms with Crippen LogP contribution >= 0.6 is 0 Å². The van der Waals surface area contributed by atoms with E-state index in [1.807, 2.05) is 35.1 Å². The first-order valence-corrected chi connectivity index (χ1v) is 7.40. The van der Waals surface area contributed by atoms with Crippen molar-refractivity contribution in [3.63, 3.8) is 0 Å². The van der Waals surface area contributed by atoms with E-state index >= 15 is 0 Å². The molecular formula is C18H21N3O. The fourth-order valence-electron chi connectivity index (χ4n) is 2.35. The molecule has 0 aliphatic heterocycles. The fourth-order valence-corrected chi connectivity index (χ4v) is 2.35. The lowest BCUT2D eigenvalue weighted by molar-refractivity contribution is 0.295. The highest BCUT2D eigenvalue weighted by Gasteiger charge is 2.17. The van der Waals surface area contributed by atoms with E-state index in [1.54, 1.807) is 0 Å². The van der Waals surface area contributed by atoms with Crippen LogP contribution in [0.4, 0.5) is 5.69 Å². The fraction of sp³-hybridized carbons (Fsp3) is 0.278. The Bertz CT molecular complexity index is 794. The molecule has 114 valence electrons. The zero-order chi connectivity index (χ0) is 15.7. The first-order chi connectivity index (χ1) is 10.4. The summed E-state index contributed by atoms with van der Waals surface area (Å²) in [4.78, 5) is 0. The van der Waals surface area contributed by atoms with E-state index in [9.17, 15) is 0 Å². The Morgan fingerprint density at radius 1 is 1.09 bits per heavy atom. The number of nitrogen functional groups attached to an aromatic ring is 1. The van der Waals surface area contributed by atoms with Gasteiger partial charge in [-0.2, -0.15) is 5.10 Å². The highest BCUT2D eigenvalue weighted by molar-refractivity contribution is 5.88. The highest BCUT2D eigenvalue weighted by atomic mass is 16.5. The minimum absolute atomic E-state index is 0.0915. The first-order valence-electron chi connectivity index (χ1n) is 7.40. The second-order valence-corrected chi connectivity index (χ2v) is 6.41. The molecule has 0 aliphatic carbocycles. The molecule has 0 atom stereocenters. The second kappa shape index (κ2) is 5.37. The van der Waals surface area contributed by atoms with Crippen LogP contribution in [0.25, 0.3) is 10.8 Å². The van der Waals surface area contributed by atoms with Gasteiger partial charge in [-0.25, -0.2) is 0 Å². The number of ether oxygens (including phenoxy) is 1. The zero-order valence-electron chi connectivity index (χ0n) is 13.2. The van der Waals surface area contributed by atoms with Gasteiger partial charge in [0.25, 0.3) is 0 Å². The number of hydrogen-bond acceptors (Lipinski definition) is 3. The van der Waals surface area contributed by atoms with Gasteiger partial charge in [0.1, 0.15) is 18.1 Å². The predicted octanol–water partition coefficient (Wildman–Crippen LogP) is 3.95. The molecule has 0 amide bonds. The molecule has 1 heterocycles. The van der Waals surface area contributed by atoms with Crippen LogP contribution in [0.1, 0.15) is 26.5 Å². The van der Waals surface area contributed by atoms with Crippen molar-refractivity contribution in [1.29, 1.82) is 0 Å². The summed E-state index contributed by atoms with van der Waals surface area (Å²) in [6.07, 6.45) is 1.86. The van der Waals surface area contributed by atoms with E-state index < -0.39 is 0 Å². The maximum absolute atomic E-state index is 6.05. The van der Waals surface area contributed by atoms with Gasteiger partial charge in [-0.3, -0.25) is 4.68 Å². The minimum Gasteiger partial charge on any atom is -0.486 e. The van der Waals surface area contributed by atoms with E-state index in [1.165, 1.54) is 0 Å². The van der Waals surface area contributed by atoms with Crippen LogP contribution < -0.4 is 10.5 Å². The van der Waals surface area contributed by atoms with Crippen LogP contribution in [0, 0.1) is 0 Å². The molecule has 3 rings (SSSR count). The number of benzene rings is 2. The molecule has 0 saturated heterocycles. The van der Waals surface area contributed by atoms with Crippen LogP contribution in [-0.2, 0) is 12.1 Å². The van der Waals surface area contributed by atoms with Crippen molar-refractivity contribution < 1.29 is 4.74 Å². The number of nitrogens with two attached hydrogens (primary N) is 1. The van der Waals surface area contributed by atoms with Crippen LogP contribution in [0.5, 0.6) is 5.75 Å². The molecule has 0 spiro atoms. The molecule has 0 fully saturated rings. The Labute approximate surface area is 130 Å². The molecule has 0 saturated carbocycles. The third-order valence-electron chi connectivity index (χ3n) is 3.62. The molecule has 0 unspecified atom stereocenters. The Hall–Kier alpha value is -2.49. The van der Waals surface area contributed by atoms with Crippen molar-refractivity contribution in [3.8, 4) is 5.75 Å². The van der Waals surface area contributed by atoms with Gasteiger partial charge in [0.2, 0.25) is 0 Å². The maximum Gasteiger partial charge on any atom is 0.134 e. The summed E-state index contributed by atoms with van der Waals surface area (Å²) in [6.45, 7) is 6.64. The predicted molar refractivity (Wildman–Crippen MR) is 89.9 cm³/mol. The average Bonchev–Trinajstić information content (AvgIpc) is 2.86. The van der Waals surface area contributed by atoms with Crippen molar-refractivity contribution in [1.82, 2.24) is 9.78 Å². The quantitative estimate of drug-likeness (QED) is 0.796. The maximum atomic E-state index is 6.05. The third-order valence-corrected chi connectivity index (χ3v) is 3.62. The van der Waals surface area contributed by atoms with Crippen molar-refractivity contribution in [2.45, 2.75) is 32.9 Å². The Morgan fingerprint density at radius 3 is 2.55 bits per heavy atom. The molecule has 3 aromatic rings. The Morgan fingerprint density at radius 2 is 1.82 bits per heavy atom. The highest BCUT2D eigenvalue weighted by Crippen LogP contribution is 2.26. The van der Waals surface area contributed by atoms with Crippen LogP contribution in [0.3, 0.4) is 0 Å². The van der Waals surface area contributed by atoms with Gasteiger partial charge in [0.05, 0.1) is 11.2 Å². The monoisotopic (exact) mass is 295 g/mol. The van der Waals surface area contributed by atoms with Gasteiger partial charge >= 0.3 is 0 Å². The number of nitrogens with zero attached hydrogens (tertiary/aromatic N) is 2. The molecule has 2 aromatic carbocycles. The van der Waals surface area contributed by atoms with Gasteiger partial charge in [-0.1, -0.05) is 36.4 Å². The lowest BCUT2D eigenvalue weighted by atomic mass is 10.1. The number of aromatic nitrogens is 2. The molecule has 4 heteroatoms. The molecule has 1 aromatic heterocycles. The van der Waals surface area contributed by atoms with Gasteiger partial charge in [0, 0.05) is 11.6 Å².